The van der Waals surface area contributed by atoms with Crippen molar-refractivity contribution in [2.75, 3.05) is 6.54 Å². The third-order valence-corrected chi connectivity index (χ3v) is 2.69. The summed E-state index contributed by atoms with van der Waals surface area (Å²) in [6, 6.07) is 1.50. The Labute approximate surface area is 70.8 Å². The highest BCUT2D eigenvalue weighted by Crippen LogP contribution is 2.34. The quantitative estimate of drug-likeness (QED) is 0.562. The lowest BCUT2D eigenvalue weighted by Gasteiger charge is -2.26. The summed E-state index contributed by atoms with van der Waals surface area (Å²) >= 11 is 0. The molecule has 1 heteroatoms. The van der Waals surface area contributed by atoms with Gasteiger partial charge in [0.2, 0.25) is 0 Å². The second-order valence-corrected chi connectivity index (χ2v) is 4.98. The van der Waals surface area contributed by atoms with Crippen molar-refractivity contribution in [3.8, 4) is 0 Å². The molecule has 1 aliphatic heterocycles. The molecule has 66 valence electrons. The van der Waals surface area contributed by atoms with Crippen molar-refractivity contribution in [1.82, 2.24) is 4.90 Å². The van der Waals surface area contributed by atoms with Crippen LogP contribution < -0.4 is 0 Å². The lowest BCUT2D eigenvalue weighted by molar-refractivity contribution is 0.203. The van der Waals surface area contributed by atoms with Crippen LogP contribution in [0.15, 0.2) is 0 Å². The molecule has 0 aliphatic carbocycles. The molecule has 1 fully saturated rings. The van der Waals surface area contributed by atoms with Crippen LogP contribution in [0.4, 0.5) is 0 Å². The molecule has 11 heavy (non-hydrogen) atoms. The van der Waals surface area contributed by atoms with Gasteiger partial charge < -0.3 is 0 Å². The minimum absolute atomic E-state index is 0.545. The van der Waals surface area contributed by atoms with Crippen LogP contribution in [0.2, 0.25) is 0 Å². The Morgan fingerprint density at radius 2 is 1.91 bits per heavy atom. The molecule has 0 saturated carbocycles. The standard InChI is InChI=1S/C10H21N/c1-8(2)11-7-10(4,5)6-9(11)3/h8-9H,6-7H2,1-5H3. The first-order valence-electron chi connectivity index (χ1n) is 4.68. The average molecular weight is 155 g/mol. The van der Waals surface area contributed by atoms with Gasteiger partial charge >= 0.3 is 0 Å². The summed E-state index contributed by atoms with van der Waals surface area (Å²) in [5.41, 5.74) is 0.545. The lowest BCUT2D eigenvalue weighted by Crippen LogP contribution is -2.34. The van der Waals surface area contributed by atoms with Crippen LogP contribution in [-0.4, -0.2) is 23.5 Å². The van der Waals surface area contributed by atoms with E-state index < -0.39 is 0 Å². The van der Waals surface area contributed by atoms with E-state index in [0.717, 1.165) is 6.04 Å². The Kier molecular flexibility index (Phi) is 2.29. The third-order valence-electron chi connectivity index (χ3n) is 2.69. The second kappa shape index (κ2) is 2.78. The zero-order chi connectivity index (χ0) is 8.65. The van der Waals surface area contributed by atoms with Crippen molar-refractivity contribution in [2.45, 2.75) is 53.1 Å². The molecule has 1 atom stereocenters. The number of nitrogens with zero attached hydrogens (tertiary/aromatic N) is 1. The van der Waals surface area contributed by atoms with Gasteiger partial charge in [-0.25, -0.2) is 0 Å². The molecule has 1 unspecified atom stereocenters. The molecule has 0 aromatic heterocycles. The Morgan fingerprint density at radius 3 is 2.09 bits per heavy atom. The highest BCUT2D eigenvalue weighted by molar-refractivity contribution is 4.89. The summed E-state index contributed by atoms with van der Waals surface area (Å²) in [6.07, 6.45) is 1.35. The molecule has 0 bridgehead atoms. The van der Waals surface area contributed by atoms with Crippen molar-refractivity contribution in [1.29, 1.82) is 0 Å². The molecule has 0 N–H and O–H groups in total. The number of rotatable bonds is 1. The highest BCUT2D eigenvalue weighted by Gasteiger charge is 2.35. The van der Waals surface area contributed by atoms with Crippen molar-refractivity contribution in [3.63, 3.8) is 0 Å². The van der Waals surface area contributed by atoms with Gasteiger partial charge in [0, 0.05) is 18.6 Å². The maximum absolute atomic E-state index is 2.60. The average Bonchev–Trinajstić information content (AvgIpc) is 2.05. The second-order valence-electron chi connectivity index (χ2n) is 4.98. The summed E-state index contributed by atoms with van der Waals surface area (Å²) < 4.78 is 0. The van der Waals surface area contributed by atoms with Gasteiger partial charge in [-0.05, 0) is 32.6 Å². The highest BCUT2D eigenvalue weighted by atomic mass is 15.2. The molecule has 1 heterocycles. The van der Waals surface area contributed by atoms with E-state index in [0.29, 0.717) is 11.5 Å². The molecular formula is C10H21N. The van der Waals surface area contributed by atoms with Gasteiger partial charge in [0.15, 0.2) is 0 Å². The minimum atomic E-state index is 0.545. The normalized spacial score (nSPS) is 31.6. The number of hydrogen-bond donors (Lipinski definition) is 0. The molecule has 0 radical (unpaired) electrons. The molecule has 1 rings (SSSR count). The van der Waals surface area contributed by atoms with E-state index in [9.17, 15) is 0 Å². The fourth-order valence-corrected chi connectivity index (χ4v) is 2.32. The van der Waals surface area contributed by atoms with Crippen LogP contribution >= 0.6 is 0 Å². The van der Waals surface area contributed by atoms with Crippen LogP contribution in [0.25, 0.3) is 0 Å². The van der Waals surface area contributed by atoms with E-state index in [-0.39, 0.29) is 0 Å². The van der Waals surface area contributed by atoms with Crippen LogP contribution in [0.5, 0.6) is 0 Å². The van der Waals surface area contributed by atoms with Crippen molar-refractivity contribution in [2.24, 2.45) is 5.41 Å². The molecular weight excluding hydrogens is 134 g/mol. The summed E-state index contributed by atoms with van der Waals surface area (Å²) in [7, 11) is 0. The summed E-state index contributed by atoms with van der Waals surface area (Å²) in [5, 5.41) is 0. The predicted octanol–water partition coefficient (Wildman–Crippen LogP) is 2.52. The predicted molar refractivity (Wildman–Crippen MR) is 49.7 cm³/mol. The van der Waals surface area contributed by atoms with E-state index in [1.807, 2.05) is 0 Å². The Hall–Kier alpha value is -0.0400. The van der Waals surface area contributed by atoms with E-state index in [4.69, 9.17) is 0 Å². The minimum Gasteiger partial charge on any atom is -0.298 e. The number of likely N-dealkylation sites (tertiary alicyclic amines) is 1. The smallest absolute Gasteiger partial charge is 0.00754 e. The topological polar surface area (TPSA) is 3.24 Å². The summed E-state index contributed by atoms with van der Waals surface area (Å²) in [6.45, 7) is 12.9. The van der Waals surface area contributed by atoms with Crippen molar-refractivity contribution < 1.29 is 0 Å². The molecule has 0 spiro atoms. The summed E-state index contributed by atoms with van der Waals surface area (Å²) in [5.74, 6) is 0. The van der Waals surface area contributed by atoms with E-state index in [1.165, 1.54) is 13.0 Å². The van der Waals surface area contributed by atoms with Crippen LogP contribution in [0, 0.1) is 5.41 Å². The van der Waals surface area contributed by atoms with Gasteiger partial charge in [-0.15, -0.1) is 0 Å². The van der Waals surface area contributed by atoms with Gasteiger partial charge in [0.1, 0.15) is 0 Å². The molecule has 1 saturated heterocycles. The van der Waals surface area contributed by atoms with Crippen molar-refractivity contribution in [3.05, 3.63) is 0 Å². The maximum Gasteiger partial charge on any atom is 0.00754 e. The lowest BCUT2D eigenvalue weighted by atomic mass is 9.91. The monoisotopic (exact) mass is 155 g/mol. The summed E-state index contributed by atoms with van der Waals surface area (Å²) in [4.78, 5) is 2.60. The maximum atomic E-state index is 2.60. The van der Waals surface area contributed by atoms with Crippen LogP contribution in [0.3, 0.4) is 0 Å². The van der Waals surface area contributed by atoms with Crippen LogP contribution in [0.1, 0.15) is 41.0 Å². The first kappa shape index (κ1) is 9.05. The van der Waals surface area contributed by atoms with Gasteiger partial charge in [0.05, 0.1) is 0 Å². The zero-order valence-corrected chi connectivity index (χ0v) is 8.52. The van der Waals surface area contributed by atoms with Gasteiger partial charge in [-0.3, -0.25) is 4.90 Å². The van der Waals surface area contributed by atoms with Gasteiger partial charge in [-0.2, -0.15) is 0 Å². The van der Waals surface area contributed by atoms with E-state index in [2.05, 4.69) is 39.5 Å². The molecule has 0 aromatic carbocycles. The first-order chi connectivity index (χ1) is 4.92. The van der Waals surface area contributed by atoms with E-state index >= 15 is 0 Å². The molecule has 1 aliphatic rings. The van der Waals surface area contributed by atoms with Gasteiger partial charge in [0.25, 0.3) is 0 Å². The van der Waals surface area contributed by atoms with Crippen LogP contribution in [-0.2, 0) is 0 Å². The Balaban J connectivity index is 2.59. The largest absolute Gasteiger partial charge is 0.298 e. The molecule has 0 aromatic rings. The fourth-order valence-electron chi connectivity index (χ4n) is 2.32. The molecule has 1 nitrogen and oxygen atoms in total. The Bertz CT molecular complexity index is 138. The number of hydrogen-bond acceptors (Lipinski definition) is 1. The Morgan fingerprint density at radius 1 is 1.36 bits per heavy atom. The zero-order valence-electron chi connectivity index (χ0n) is 8.52. The third kappa shape index (κ3) is 1.96. The van der Waals surface area contributed by atoms with E-state index in [1.54, 1.807) is 0 Å². The molecule has 0 amide bonds. The van der Waals surface area contributed by atoms with Crippen molar-refractivity contribution >= 4 is 0 Å². The fraction of sp³-hybridized carbons (Fsp3) is 1.00. The van der Waals surface area contributed by atoms with Gasteiger partial charge in [-0.1, -0.05) is 13.8 Å². The SMILES string of the molecule is CC(C)N1CC(C)(C)CC1C. The first-order valence-corrected chi connectivity index (χ1v) is 4.68.